The molecule has 0 aromatic heterocycles. The van der Waals surface area contributed by atoms with Crippen molar-refractivity contribution in [3.63, 3.8) is 0 Å². The Morgan fingerprint density at radius 3 is 1.09 bits per heavy atom. The molecule has 20 heteroatoms. The highest BCUT2D eigenvalue weighted by atomic mass is 16.2. The second-order valence-corrected chi connectivity index (χ2v) is 18.2. The lowest BCUT2D eigenvalue weighted by molar-refractivity contribution is -0.145. The molecule has 2 aromatic rings. The highest BCUT2D eigenvalue weighted by Gasteiger charge is 2.41. The van der Waals surface area contributed by atoms with E-state index in [2.05, 4.69) is 0 Å². The molecular formula is C48H58N8O12. The molecule has 362 valence electrons. The van der Waals surface area contributed by atoms with Crippen LogP contribution >= 0.6 is 0 Å². The van der Waals surface area contributed by atoms with Crippen LogP contribution in [0.5, 0.6) is 0 Å². The average Bonchev–Trinajstić information content (AvgIpc) is 3.28. The summed E-state index contributed by atoms with van der Waals surface area (Å²) in [6.07, 6.45) is 1.72. The predicted molar refractivity (Wildman–Crippen MR) is 239 cm³/mol. The lowest BCUT2D eigenvalue weighted by Gasteiger charge is -2.34. The van der Waals surface area contributed by atoms with Crippen LogP contribution in [0.1, 0.15) is 114 Å². The maximum absolute atomic E-state index is 13.6. The van der Waals surface area contributed by atoms with E-state index in [4.69, 9.17) is 0 Å². The summed E-state index contributed by atoms with van der Waals surface area (Å²) in [6, 6.07) is 10.5. The topological polar surface area (TPSA) is 231 Å². The summed E-state index contributed by atoms with van der Waals surface area (Å²) in [4.78, 5) is 164. The van der Waals surface area contributed by atoms with Crippen molar-refractivity contribution in [2.75, 3.05) is 26.2 Å². The zero-order valence-corrected chi connectivity index (χ0v) is 39.0. The molecule has 0 N–H and O–H groups in total. The first kappa shape index (κ1) is 50.3. The second-order valence-electron chi connectivity index (χ2n) is 18.2. The molecule has 4 saturated heterocycles. The molecule has 4 aliphatic rings. The van der Waals surface area contributed by atoms with Crippen LogP contribution < -0.4 is 0 Å². The van der Waals surface area contributed by atoms with Gasteiger partial charge in [-0.1, -0.05) is 95.5 Å². The summed E-state index contributed by atoms with van der Waals surface area (Å²) < 4.78 is 0. The number of imide groups is 8. The van der Waals surface area contributed by atoms with Gasteiger partial charge in [0.05, 0.1) is 26.2 Å². The fraction of sp³-hybridized carbons (Fsp3) is 0.500. The van der Waals surface area contributed by atoms with Gasteiger partial charge in [-0.2, -0.15) is 0 Å². The van der Waals surface area contributed by atoms with Crippen molar-refractivity contribution >= 4 is 71.4 Å². The van der Waals surface area contributed by atoms with Gasteiger partial charge in [0.2, 0.25) is 47.3 Å². The maximum atomic E-state index is 13.6. The van der Waals surface area contributed by atoms with Crippen LogP contribution in [-0.4, -0.2) is 137 Å². The minimum Gasteiger partial charge on any atom is -0.274 e. The molecule has 1 unspecified atom stereocenters. The van der Waals surface area contributed by atoms with Crippen LogP contribution in [0.15, 0.2) is 48.5 Å². The third-order valence-electron chi connectivity index (χ3n) is 12.2. The number of hydrogen-bond acceptors (Lipinski definition) is 12. The molecule has 1 atom stereocenters. The number of unbranched alkanes of at least 4 members (excludes halogenated alkanes) is 3. The normalized spacial score (nSPS) is 18.2. The van der Waals surface area contributed by atoms with Crippen molar-refractivity contribution in [1.82, 2.24) is 39.2 Å². The predicted octanol–water partition coefficient (Wildman–Crippen LogP) is 4.76. The Morgan fingerprint density at radius 2 is 0.721 bits per heavy atom. The van der Waals surface area contributed by atoms with E-state index in [1.165, 1.54) is 0 Å². The number of carbonyl (C=O) groups excluding carboxylic acids is 12. The minimum atomic E-state index is -0.764. The van der Waals surface area contributed by atoms with Crippen LogP contribution in [0.2, 0.25) is 0 Å². The summed E-state index contributed by atoms with van der Waals surface area (Å²) >= 11 is 0. The van der Waals surface area contributed by atoms with Crippen molar-refractivity contribution in [3.05, 3.63) is 70.8 Å². The Kier molecular flexibility index (Phi) is 16.4. The molecule has 20 nitrogen and oxygen atoms in total. The highest BCUT2D eigenvalue weighted by molar-refractivity contribution is 6.16. The summed E-state index contributed by atoms with van der Waals surface area (Å²) in [7, 11) is 0. The summed E-state index contributed by atoms with van der Waals surface area (Å²) in [5.41, 5.74) is 2.16. The largest absolute Gasteiger partial charge is 0.333 e. The van der Waals surface area contributed by atoms with Crippen LogP contribution in [0.3, 0.4) is 0 Å². The maximum Gasteiger partial charge on any atom is 0.333 e. The van der Waals surface area contributed by atoms with E-state index in [0.29, 0.717) is 54.4 Å². The Labute approximate surface area is 394 Å². The van der Waals surface area contributed by atoms with Crippen molar-refractivity contribution in [3.8, 4) is 0 Å². The number of benzene rings is 2. The monoisotopic (exact) mass is 938 g/mol. The molecule has 4 fully saturated rings. The van der Waals surface area contributed by atoms with Gasteiger partial charge in [0.25, 0.3) is 0 Å². The minimum absolute atomic E-state index is 0.00149. The fourth-order valence-electron chi connectivity index (χ4n) is 8.55. The van der Waals surface area contributed by atoms with Crippen LogP contribution in [0, 0.1) is 11.8 Å². The Hall–Kier alpha value is -7.12. The number of amides is 16. The van der Waals surface area contributed by atoms with Crippen molar-refractivity contribution in [2.24, 2.45) is 11.8 Å². The van der Waals surface area contributed by atoms with E-state index in [1.54, 1.807) is 48.5 Å². The number of urea groups is 4. The molecule has 0 spiro atoms. The van der Waals surface area contributed by atoms with E-state index >= 15 is 0 Å². The summed E-state index contributed by atoms with van der Waals surface area (Å²) in [5.74, 6) is -5.04. The lowest BCUT2D eigenvalue weighted by Crippen LogP contribution is -2.55. The molecule has 68 heavy (non-hydrogen) atoms. The van der Waals surface area contributed by atoms with Gasteiger partial charge in [-0.3, -0.25) is 77.6 Å². The highest BCUT2D eigenvalue weighted by Crippen LogP contribution is 2.24. The van der Waals surface area contributed by atoms with E-state index < -0.39 is 97.1 Å². The zero-order valence-electron chi connectivity index (χ0n) is 39.0. The van der Waals surface area contributed by atoms with Crippen LogP contribution in [0.4, 0.5) is 19.2 Å². The summed E-state index contributed by atoms with van der Waals surface area (Å²) in [6.45, 7) is 7.47. The van der Waals surface area contributed by atoms with Gasteiger partial charge in [0.15, 0.2) is 0 Å². The van der Waals surface area contributed by atoms with Crippen molar-refractivity contribution in [1.29, 1.82) is 0 Å². The number of hydrogen-bond donors (Lipinski definition) is 0. The van der Waals surface area contributed by atoms with Crippen molar-refractivity contribution in [2.45, 2.75) is 118 Å². The third-order valence-corrected chi connectivity index (χ3v) is 12.2. The standard InChI is InChI=1S/C48H58N8O12/c1-5-6-17-49-37(57)21-41(61)53(45(49)65)27-33-13-10-14-34(19-33)28-54-42(62)22-38(58)50(46(54)66)18-9-7-8-12-32(4)26-52-40(60)24-44(64)56(48(52)68)30-36-16-11-15-35(20-36)29-55-43(63)23-39(59)51(47(55)67)25-31(2)3/h10-11,13-16,19-20,31-32H,5-9,12,17-18,21-30H2,1-4H3. The first-order chi connectivity index (χ1) is 32.4. The number of carbonyl (C=O) groups is 12. The van der Waals surface area contributed by atoms with Crippen LogP contribution in [0.25, 0.3) is 0 Å². The molecule has 2 aromatic carbocycles. The molecule has 0 aliphatic carbocycles. The van der Waals surface area contributed by atoms with Gasteiger partial charge in [-0.05, 0) is 53.4 Å². The number of barbiturate groups is 4. The fourth-order valence-corrected chi connectivity index (χ4v) is 8.55. The molecule has 4 heterocycles. The SMILES string of the molecule is CCCCN1C(=O)CC(=O)N(Cc2cccc(CN3C(=O)CC(=O)N(CCCCCC(C)CN4C(=O)CC(=O)N(Cc5cccc(CN6C(=O)CC(=O)N(CC(C)C)C6=O)c5)C4=O)C3=O)c2)C1=O. The second kappa shape index (κ2) is 22.1. The smallest absolute Gasteiger partial charge is 0.274 e. The number of nitrogens with zero attached hydrogens (tertiary/aromatic N) is 8. The molecule has 0 radical (unpaired) electrons. The Bertz CT molecular complexity index is 2400. The van der Waals surface area contributed by atoms with Crippen LogP contribution in [-0.2, 0) is 64.5 Å². The molecule has 4 aliphatic heterocycles. The molecule has 0 bridgehead atoms. The Morgan fingerprint density at radius 1 is 0.397 bits per heavy atom. The van der Waals surface area contributed by atoms with E-state index in [0.717, 1.165) is 45.6 Å². The molecule has 6 rings (SSSR count). The van der Waals surface area contributed by atoms with Gasteiger partial charge in [0.1, 0.15) is 25.7 Å². The van der Waals surface area contributed by atoms with Gasteiger partial charge in [0, 0.05) is 26.2 Å². The van der Waals surface area contributed by atoms with Gasteiger partial charge in [-0.25, -0.2) is 19.2 Å². The van der Waals surface area contributed by atoms with E-state index in [1.807, 2.05) is 27.7 Å². The molecule has 0 saturated carbocycles. The zero-order chi connectivity index (χ0) is 49.4. The molecular weight excluding hydrogens is 881 g/mol. The van der Waals surface area contributed by atoms with E-state index in [9.17, 15) is 57.5 Å². The number of rotatable bonds is 21. The lowest BCUT2D eigenvalue weighted by atomic mass is 10.0. The third kappa shape index (κ3) is 11.9. The quantitative estimate of drug-likeness (QED) is 0.122. The van der Waals surface area contributed by atoms with Gasteiger partial charge >= 0.3 is 24.1 Å². The van der Waals surface area contributed by atoms with Gasteiger partial charge in [-0.15, -0.1) is 0 Å². The first-order valence-electron chi connectivity index (χ1n) is 23.1. The Balaban J connectivity index is 0.971. The van der Waals surface area contributed by atoms with E-state index in [-0.39, 0.29) is 64.2 Å². The van der Waals surface area contributed by atoms with Gasteiger partial charge < -0.3 is 0 Å². The molecule has 16 amide bonds. The summed E-state index contributed by atoms with van der Waals surface area (Å²) in [5, 5.41) is 0. The van der Waals surface area contributed by atoms with Crippen molar-refractivity contribution < 1.29 is 57.5 Å². The average molecular weight is 939 g/mol. The first-order valence-corrected chi connectivity index (χ1v) is 23.1.